The van der Waals surface area contributed by atoms with E-state index in [1.807, 2.05) is 24.3 Å². The van der Waals surface area contributed by atoms with E-state index in [0.717, 1.165) is 34.4 Å². The van der Waals surface area contributed by atoms with E-state index in [2.05, 4.69) is 49.4 Å². The highest BCUT2D eigenvalue weighted by atomic mass is 14.8. The first-order valence-corrected chi connectivity index (χ1v) is 7.60. The zero-order valence-corrected chi connectivity index (χ0v) is 12.5. The largest absolute Gasteiger partial charge is 0.249 e. The minimum absolute atomic E-state index is 0.871. The van der Waals surface area contributed by atoms with E-state index >= 15 is 0 Å². The molecule has 22 heavy (non-hydrogen) atoms. The monoisotopic (exact) mass is 284 g/mol. The number of aryl methyl sites for hydroxylation is 1. The van der Waals surface area contributed by atoms with Crippen molar-refractivity contribution >= 4 is 21.8 Å². The highest BCUT2D eigenvalue weighted by Crippen LogP contribution is 2.30. The zero-order chi connectivity index (χ0) is 14.9. The van der Waals surface area contributed by atoms with Crippen molar-refractivity contribution in [1.29, 1.82) is 0 Å². The zero-order valence-electron chi connectivity index (χ0n) is 12.5. The Kier molecular flexibility index (Phi) is 3.08. The van der Waals surface area contributed by atoms with Crippen LogP contribution in [0.25, 0.3) is 33.1 Å². The predicted octanol–water partition coefficient (Wildman–Crippen LogP) is 5.01. The Morgan fingerprint density at radius 3 is 2.23 bits per heavy atom. The fraction of sp³-hybridized carbons (Fsp3) is 0.100. The first-order chi connectivity index (χ1) is 10.9. The Balaban J connectivity index is 2.07. The molecule has 2 nitrogen and oxygen atoms in total. The summed E-state index contributed by atoms with van der Waals surface area (Å²) >= 11 is 0. The molecule has 1 heterocycles. The lowest BCUT2D eigenvalue weighted by Crippen LogP contribution is -1.98. The van der Waals surface area contributed by atoms with E-state index in [0.29, 0.717) is 0 Å². The molecule has 106 valence electrons. The second kappa shape index (κ2) is 5.23. The number of fused-ring (bicyclic) bond motifs is 2. The van der Waals surface area contributed by atoms with E-state index in [9.17, 15) is 0 Å². The summed E-state index contributed by atoms with van der Waals surface area (Å²) in [5.41, 5.74) is 5.12. The van der Waals surface area contributed by atoms with E-state index in [1.165, 1.54) is 10.8 Å². The van der Waals surface area contributed by atoms with Crippen LogP contribution in [-0.2, 0) is 6.42 Å². The minimum atomic E-state index is 0.871. The third kappa shape index (κ3) is 2.04. The molecule has 3 aromatic carbocycles. The molecule has 0 radical (unpaired) electrons. The maximum atomic E-state index is 4.90. The second-order valence-corrected chi connectivity index (χ2v) is 5.39. The quantitative estimate of drug-likeness (QED) is 0.517. The second-order valence-electron chi connectivity index (χ2n) is 5.39. The van der Waals surface area contributed by atoms with Crippen molar-refractivity contribution in [2.75, 3.05) is 0 Å². The van der Waals surface area contributed by atoms with Crippen LogP contribution in [-0.4, -0.2) is 9.97 Å². The Hall–Kier alpha value is -2.74. The maximum absolute atomic E-state index is 4.90. The van der Waals surface area contributed by atoms with Gasteiger partial charge in [0.2, 0.25) is 0 Å². The molecule has 1 aromatic heterocycles. The molecule has 4 rings (SSSR count). The summed E-state index contributed by atoms with van der Waals surface area (Å²) in [4.78, 5) is 9.72. The third-order valence-electron chi connectivity index (χ3n) is 4.02. The van der Waals surface area contributed by atoms with Crippen LogP contribution in [0.4, 0.5) is 0 Å². The Bertz CT molecular complexity index is 968. The van der Waals surface area contributed by atoms with Gasteiger partial charge in [0.15, 0.2) is 0 Å². The van der Waals surface area contributed by atoms with Gasteiger partial charge < -0.3 is 0 Å². The molecule has 0 amide bonds. The summed E-state index contributed by atoms with van der Waals surface area (Å²) in [6.07, 6.45) is 0.871. The van der Waals surface area contributed by atoms with Gasteiger partial charge in [-0.25, -0.2) is 9.97 Å². The van der Waals surface area contributed by atoms with Gasteiger partial charge in [0, 0.05) is 5.56 Å². The van der Waals surface area contributed by atoms with Gasteiger partial charge in [-0.15, -0.1) is 0 Å². The van der Waals surface area contributed by atoms with E-state index in [4.69, 9.17) is 9.97 Å². The molecule has 0 aliphatic heterocycles. The predicted molar refractivity (Wildman–Crippen MR) is 91.9 cm³/mol. The van der Waals surface area contributed by atoms with Gasteiger partial charge >= 0.3 is 0 Å². The van der Waals surface area contributed by atoms with Crippen molar-refractivity contribution in [1.82, 2.24) is 9.97 Å². The molecule has 0 N–H and O–H groups in total. The van der Waals surface area contributed by atoms with Gasteiger partial charge in [-0.05, 0) is 29.3 Å². The summed E-state index contributed by atoms with van der Waals surface area (Å²) in [6, 6.07) is 22.9. The number of para-hydroxylation sites is 2. The van der Waals surface area contributed by atoms with Crippen molar-refractivity contribution in [2.24, 2.45) is 0 Å². The molecule has 0 fully saturated rings. The van der Waals surface area contributed by atoms with Crippen LogP contribution in [0.3, 0.4) is 0 Å². The third-order valence-corrected chi connectivity index (χ3v) is 4.02. The standard InChI is InChI=1S/C20H16N2/c1-2-17-20(22-19-13-6-5-12-18(19)21-17)16-11-7-9-14-8-3-4-10-15(14)16/h3-13H,2H2,1H3. The first kappa shape index (κ1) is 13.0. The summed E-state index contributed by atoms with van der Waals surface area (Å²) in [7, 11) is 0. The Morgan fingerprint density at radius 2 is 1.41 bits per heavy atom. The fourth-order valence-electron chi connectivity index (χ4n) is 2.93. The summed E-state index contributed by atoms with van der Waals surface area (Å²) in [6.45, 7) is 2.13. The SMILES string of the molecule is CCc1nc2ccccc2nc1-c1cccc2ccccc12. The van der Waals surface area contributed by atoms with E-state index in [-0.39, 0.29) is 0 Å². The molecule has 0 saturated heterocycles. The van der Waals surface area contributed by atoms with E-state index in [1.54, 1.807) is 0 Å². The van der Waals surface area contributed by atoms with Crippen molar-refractivity contribution in [3.05, 3.63) is 72.4 Å². The molecule has 0 saturated carbocycles. The van der Waals surface area contributed by atoms with Gasteiger partial charge in [-0.2, -0.15) is 0 Å². The van der Waals surface area contributed by atoms with Crippen LogP contribution in [0, 0.1) is 0 Å². The molecule has 0 bridgehead atoms. The molecule has 0 atom stereocenters. The van der Waals surface area contributed by atoms with Crippen LogP contribution >= 0.6 is 0 Å². The summed E-state index contributed by atoms with van der Waals surface area (Å²) in [5, 5.41) is 2.46. The van der Waals surface area contributed by atoms with Gasteiger partial charge in [0.1, 0.15) is 0 Å². The van der Waals surface area contributed by atoms with Crippen LogP contribution < -0.4 is 0 Å². The lowest BCUT2D eigenvalue weighted by molar-refractivity contribution is 1.04. The highest BCUT2D eigenvalue weighted by Gasteiger charge is 2.12. The fourth-order valence-corrected chi connectivity index (χ4v) is 2.93. The molecular formula is C20H16N2. The lowest BCUT2D eigenvalue weighted by atomic mass is 10.00. The van der Waals surface area contributed by atoms with Crippen molar-refractivity contribution < 1.29 is 0 Å². The molecule has 0 aliphatic carbocycles. The first-order valence-electron chi connectivity index (χ1n) is 7.60. The maximum Gasteiger partial charge on any atom is 0.0931 e. The molecule has 0 unspecified atom stereocenters. The van der Waals surface area contributed by atoms with Crippen LogP contribution in [0.5, 0.6) is 0 Å². The highest BCUT2D eigenvalue weighted by molar-refractivity contribution is 5.97. The number of benzene rings is 3. The molecule has 0 spiro atoms. The van der Waals surface area contributed by atoms with Crippen LogP contribution in [0.2, 0.25) is 0 Å². The van der Waals surface area contributed by atoms with Crippen LogP contribution in [0.1, 0.15) is 12.6 Å². The number of rotatable bonds is 2. The Morgan fingerprint density at radius 1 is 0.727 bits per heavy atom. The molecule has 0 aliphatic rings. The number of nitrogens with zero attached hydrogens (tertiary/aromatic N) is 2. The van der Waals surface area contributed by atoms with Gasteiger partial charge in [-0.1, -0.05) is 61.5 Å². The molecule has 2 heteroatoms. The normalized spacial score (nSPS) is 11.1. The topological polar surface area (TPSA) is 25.8 Å². The van der Waals surface area contributed by atoms with Gasteiger partial charge in [-0.3, -0.25) is 0 Å². The number of aromatic nitrogens is 2. The summed E-state index contributed by atoms with van der Waals surface area (Å²) in [5.74, 6) is 0. The average molecular weight is 284 g/mol. The van der Waals surface area contributed by atoms with Gasteiger partial charge in [0.05, 0.1) is 22.4 Å². The molecule has 4 aromatic rings. The smallest absolute Gasteiger partial charge is 0.0931 e. The van der Waals surface area contributed by atoms with Crippen LogP contribution in [0.15, 0.2) is 66.7 Å². The number of hydrogen-bond acceptors (Lipinski definition) is 2. The average Bonchev–Trinajstić information content (AvgIpc) is 2.60. The van der Waals surface area contributed by atoms with Crippen molar-refractivity contribution in [2.45, 2.75) is 13.3 Å². The van der Waals surface area contributed by atoms with E-state index < -0.39 is 0 Å². The van der Waals surface area contributed by atoms with Crippen molar-refractivity contribution in [3.63, 3.8) is 0 Å². The Labute approximate surface area is 129 Å². The minimum Gasteiger partial charge on any atom is -0.249 e. The summed E-state index contributed by atoms with van der Waals surface area (Å²) < 4.78 is 0. The number of hydrogen-bond donors (Lipinski definition) is 0. The van der Waals surface area contributed by atoms with Gasteiger partial charge in [0.25, 0.3) is 0 Å². The van der Waals surface area contributed by atoms with Crippen molar-refractivity contribution in [3.8, 4) is 11.3 Å². The lowest BCUT2D eigenvalue weighted by Gasteiger charge is -2.11. The molecular weight excluding hydrogens is 268 g/mol.